The standard InChI is InChI=1S/C25H35N3O3/c1-2-30-19-20-31-24-12-7-6-11-23(24)25(29)26-13-8-14-27-15-17-28(18-16-27)21-22-9-4-3-5-10-22/h3-7,9-12H,2,8,13-21H2,1H3,(H,26,29). The lowest BCUT2D eigenvalue weighted by Gasteiger charge is -2.34. The Morgan fingerprint density at radius 1 is 0.935 bits per heavy atom. The molecule has 1 N–H and O–H groups in total. The second kappa shape index (κ2) is 13.1. The SMILES string of the molecule is CCOCCOc1ccccc1C(=O)NCCCN1CCN(Cc2ccccc2)CC1. The topological polar surface area (TPSA) is 54.0 Å². The van der Waals surface area contributed by atoms with Gasteiger partial charge in [0.05, 0.1) is 12.2 Å². The zero-order valence-electron chi connectivity index (χ0n) is 18.6. The van der Waals surface area contributed by atoms with Crippen molar-refractivity contribution in [1.82, 2.24) is 15.1 Å². The van der Waals surface area contributed by atoms with Crippen LogP contribution in [0.15, 0.2) is 54.6 Å². The van der Waals surface area contributed by atoms with Crippen LogP contribution in [0.2, 0.25) is 0 Å². The zero-order valence-corrected chi connectivity index (χ0v) is 18.6. The molecule has 31 heavy (non-hydrogen) atoms. The maximum absolute atomic E-state index is 12.6. The Labute approximate surface area is 186 Å². The van der Waals surface area contributed by atoms with Gasteiger partial charge in [0.15, 0.2) is 0 Å². The van der Waals surface area contributed by atoms with Gasteiger partial charge in [-0.05, 0) is 37.6 Å². The lowest BCUT2D eigenvalue weighted by atomic mass is 10.2. The Kier molecular flexibility index (Phi) is 9.83. The van der Waals surface area contributed by atoms with Gasteiger partial charge in [0, 0.05) is 45.9 Å². The highest BCUT2D eigenvalue weighted by atomic mass is 16.5. The van der Waals surface area contributed by atoms with Crippen molar-refractivity contribution in [2.24, 2.45) is 0 Å². The highest BCUT2D eigenvalue weighted by Gasteiger charge is 2.17. The van der Waals surface area contributed by atoms with E-state index in [9.17, 15) is 4.79 Å². The van der Waals surface area contributed by atoms with E-state index in [0.29, 0.717) is 37.7 Å². The highest BCUT2D eigenvalue weighted by molar-refractivity contribution is 5.96. The number of rotatable bonds is 12. The molecule has 2 aromatic rings. The molecule has 6 heteroatoms. The molecule has 0 aromatic heterocycles. The van der Waals surface area contributed by atoms with E-state index in [-0.39, 0.29) is 5.91 Å². The molecular formula is C25H35N3O3. The molecule has 0 aliphatic carbocycles. The fourth-order valence-corrected chi connectivity index (χ4v) is 3.75. The van der Waals surface area contributed by atoms with Crippen molar-refractivity contribution in [2.45, 2.75) is 19.9 Å². The summed E-state index contributed by atoms with van der Waals surface area (Å²) in [5.74, 6) is 0.522. The molecule has 0 bridgehead atoms. The van der Waals surface area contributed by atoms with Gasteiger partial charge in [-0.2, -0.15) is 0 Å². The third kappa shape index (κ3) is 7.98. The molecule has 1 amide bonds. The van der Waals surface area contributed by atoms with Crippen molar-refractivity contribution in [3.05, 3.63) is 65.7 Å². The summed E-state index contributed by atoms with van der Waals surface area (Å²) in [6, 6.07) is 18.0. The normalized spacial score (nSPS) is 15.0. The number of para-hydroxylation sites is 1. The molecule has 6 nitrogen and oxygen atoms in total. The summed E-state index contributed by atoms with van der Waals surface area (Å²) in [6.07, 6.45) is 0.942. The molecule has 0 saturated carbocycles. The summed E-state index contributed by atoms with van der Waals surface area (Å²) in [5.41, 5.74) is 1.95. The molecule has 1 aliphatic rings. The third-order valence-electron chi connectivity index (χ3n) is 5.47. The quantitative estimate of drug-likeness (QED) is 0.530. The molecule has 1 aliphatic heterocycles. The van der Waals surface area contributed by atoms with Gasteiger partial charge in [0.25, 0.3) is 5.91 Å². The minimum atomic E-state index is -0.0836. The first kappa shape index (κ1) is 23.3. The van der Waals surface area contributed by atoms with Crippen LogP contribution in [0.4, 0.5) is 0 Å². The van der Waals surface area contributed by atoms with E-state index in [1.165, 1.54) is 5.56 Å². The molecule has 1 fully saturated rings. The monoisotopic (exact) mass is 425 g/mol. The van der Waals surface area contributed by atoms with E-state index in [0.717, 1.165) is 45.7 Å². The summed E-state index contributed by atoms with van der Waals surface area (Å²) in [4.78, 5) is 17.6. The van der Waals surface area contributed by atoms with E-state index in [1.807, 2.05) is 25.1 Å². The number of ether oxygens (including phenoxy) is 2. The molecule has 0 atom stereocenters. The Morgan fingerprint density at radius 3 is 2.42 bits per heavy atom. The molecule has 168 valence electrons. The molecule has 0 unspecified atom stereocenters. The maximum Gasteiger partial charge on any atom is 0.255 e. The number of amides is 1. The van der Waals surface area contributed by atoms with E-state index in [1.54, 1.807) is 6.07 Å². The molecule has 2 aromatic carbocycles. The maximum atomic E-state index is 12.6. The first-order valence-corrected chi connectivity index (χ1v) is 11.3. The predicted octanol–water partition coefficient (Wildman–Crippen LogP) is 3.04. The van der Waals surface area contributed by atoms with Crippen molar-refractivity contribution >= 4 is 5.91 Å². The fraction of sp³-hybridized carbons (Fsp3) is 0.480. The van der Waals surface area contributed by atoms with Gasteiger partial charge in [-0.25, -0.2) is 0 Å². The molecule has 1 heterocycles. The average Bonchev–Trinajstić information content (AvgIpc) is 2.81. The van der Waals surface area contributed by atoms with Gasteiger partial charge in [0.2, 0.25) is 0 Å². The van der Waals surface area contributed by atoms with Crippen molar-refractivity contribution in [2.75, 3.05) is 59.1 Å². The first-order chi connectivity index (χ1) is 15.3. The van der Waals surface area contributed by atoms with Crippen LogP contribution in [0.1, 0.15) is 29.3 Å². The summed E-state index contributed by atoms with van der Waals surface area (Å²) < 4.78 is 11.0. The Morgan fingerprint density at radius 2 is 1.65 bits per heavy atom. The van der Waals surface area contributed by atoms with Crippen LogP contribution in [-0.4, -0.2) is 74.8 Å². The van der Waals surface area contributed by atoms with Crippen LogP contribution in [0.3, 0.4) is 0 Å². The number of piperazine rings is 1. The van der Waals surface area contributed by atoms with Gasteiger partial charge in [0.1, 0.15) is 12.4 Å². The van der Waals surface area contributed by atoms with Crippen LogP contribution in [0.25, 0.3) is 0 Å². The third-order valence-corrected chi connectivity index (χ3v) is 5.47. The van der Waals surface area contributed by atoms with E-state index < -0.39 is 0 Å². The summed E-state index contributed by atoms with van der Waals surface area (Å²) in [7, 11) is 0. The predicted molar refractivity (Wildman–Crippen MR) is 124 cm³/mol. The number of nitrogens with zero attached hydrogens (tertiary/aromatic N) is 2. The van der Waals surface area contributed by atoms with Crippen molar-refractivity contribution in [3.63, 3.8) is 0 Å². The number of carbonyl (C=O) groups excluding carboxylic acids is 1. The minimum absolute atomic E-state index is 0.0836. The number of hydrogen-bond acceptors (Lipinski definition) is 5. The van der Waals surface area contributed by atoms with Crippen molar-refractivity contribution in [1.29, 1.82) is 0 Å². The number of hydrogen-bond donors (Lipinski definition) is 1. The molecule has 0 spiro atoms. The van der Waals surface area contributed by atoms with Gasteiger partial charge < -0.3 is 19.7 Å². The van der Waals surface area contributed by atoms with Crippen LogP contribution in [0.5, 0.6) is 5.75 Å². The average molecular weight is 426 g/mol. The second-order valence-electron chi connectivity index (χ2n) is 7.75. The van der Waals surface area contributed by atoms with Gasteiger partial charge in [-0.3, -0.25) is 9.69 Å². The number of nitrogens with one attached hydrogen (secondary N) is 1. The van der Waals surface area contributed by atoms with E-state index >= 15 is 0 Å². The molecule has 0 radical (unpaired) electrons. The van der Waals surface area contributed by atoms with Gasteiger partial charge in [-0.15, -0.1) is 0 Å². The molecule has 1 saturated heterocycles. The fourth-order valence-electron chi connectivity index (χ4n) is 3.75. The van der Waals surface area contributed by atoms with E-state index in [4.69, 9.17) is 9.47 Å². The number of carbonyl (C=O) groups is 1. The van der Waals surface area contributed by atoms with Crippen LogP contribution < -0.4 is 10.1 Å². The largest absolute Gasteiger partial charge is 0.490 e. The van der Waals surface area contributed by atoms with E-state index in [2.05, 4.69) is 45.4 Å². The van der Waals surface area contributed by atoms with Crippen LogP contribution >= 0.6 is 0 Å². The van der Waals surface area contributed by atoms with Crippen molar-refractivity contribution in [3.8, 4) is 5.75 Å². The number of benzene rings is 2. The van der Waals surface area contributed by atoms with Gasteiger partial charge >= 0.3 is 0 Å². The first-order valence-electron chi connectivity index (χ1n) is 11.3. The smallest absolute Gasteiger partial charge is 0.255 e. The van der Waals surface area contributed by atoms with Crippen molar-refractivity contribution < 1.29 is 14.3 Å². The second-order valence-corrected chi connectivity index (χ2v) is 7.75. The summed E-state index contributed by atoms with van der Waals surface area (Å²) in [5, 5.41) is 3.03. The van der Waals surface area contributed by atoms with Crippen LogP contribution in [-0.2, 0) is 11.3 Å². The summed E-state index contributed by atoms with van der Waals surface area (Å²) in [6.45, 7) is 10.6. The lowest BCUT2D eigenvalue weighted by molar-refractivity contribution is 0.0930. The Balaban J connectivity index is 1.33. The summed E-state index contributed by atoms with van der Waals surface area (Å²) >= 11 is 0. The minimum Gasteiger partial charge on any atom is -0.490 e. The zero-order chi connectivity index (χ0) is 21.7. The van der Waals surface area contributed by atoms with Crippen LogP contribution in [0, 0.1) is 0 Å². The Bertz CT molecular complexity index is 777. The Hall–Kier alpha value is -2.41. The van der Waals surface area contributed by atoms with Gasteiger partial charge in [-0.1, -0.05) is 42.5 Å². The lowest BCUT2D eigenvalue weighted by Crippen LogP contribution is -2.46. The molecule has 3 rings (SSSR count). The highest BCUT2D eigenvalue weighted by Crippen LogP contribution is 2.17. The molecular weight excluding hydrogens is 390 g/mol.